The monoisotopic (exact) mass is 842 g/mol. The zero-order valence-corrected chi connectivity index (χ0v) is 30.9. The summed E-state index contributed by atoms with van der Waals surface area (Å²) in [6.45, 7) is -0.0416. The summed E-state index contributed by atoms with van der Waals surface area (Å²) in [6, 6.07) is 10.6. The summed E-state index contributed by atoms with van der Waals surface area (Å²) in [4.78, 5) is 80.6. The number of halogens is 4. The van der Waals surface area contributed by atoms with E-state index in [1.807, 2.05) is 6.92 Å². The van der Waals surface area contributed by atoms with Crippen LogP contribution in [0, 0.1) is 0 Å². The lowest BCUT2D eigenvalue weighted by molar-refractivity contribution is -0.157. The van der Waals surface area contributed by atoms with Crippen LogP contribution < -0.4 is 22.0 Å². The van der Waals surface area contributed by atoms with Crippen LogP contribution in [0.4, 0.5) is 38.8 Å². The first-order valence-corrected chi connectivity index (χ1v) is 17.8. The van der Waals surface area contributed by atoms with Crippen molar-refractivity contribution in [1.29, 1.82) is 0 Å². The Kier molecular flexibility index (Phi) is 14.3. The highest BCUT2D eigenvalue weighted by molar-refractivity contribution is 5.83. The fourth-order valence-corrected chi connectivity index (χ4v) is 5.55. The Hall–Kier alpha value is -5.98. The van der Waals surface area contributed by atoms with Gasteiger partial charge in [-0.15, -0.1) is 0 Å². The van der Waals surface area contributed by atoms with Crippen LogP contribution in [0.5, 0.6) is 0 Å². The van der Waals surface area contributed by atoms with Crippen molar-refractivity contribution in [3.8, 4) is 0 Å². The number of anilines is 2. The van der Waals surface area contributed by atoms with Gasteiger partial charge in [-0.2, -0.15) is 27.5 Å². The second-order valence-electron chi connectivity index (χ2n) is 13.0. The largest absolute Gasteiger partial charge is 0.463 e. The number of unbranched alkanes of at least 4 members (excludes halogenated alkanes) is 1. The molecule has 0 bridgehead atoms. The molecule has 2 saturated heterocycles. The van der Waals surface area contributed by atoms with Gasteiger partial charge in [0.05, 0.1) is 19.4 Å². The highest BCUT2D eigenvalue weighted by Gasteiger charge is 2.61. The number of nitrogens with zero attached hydrogens (tertiary/aromatic N) is 4. The van der Waals surface area contributed by atoms with E-state index in [-0.39, 0.29) is 24.8 Å². The van der Waals surface area contributed by atoms with Crippen molar-refractivity contribution >= 4 is 35.8 Å². The van der Waals surface area contributed by atoms with Crippen LogP contribution in [-0.2, 0) is 44.6 Å². The van der Waals surface area contributed by atoms with Crippen LogP contribution in [0.15, 0.2) is 64.4 Å². The number of carbonyl (C=O) groups is 4. The number of hydrogen-bond acceptors (Lipinski definition) is 16. The van der Waals surface area contributed by atoms with E-state index in [9.17, 15) is 47.8 Å². The molecule has 0 unspecified atom stereocenters. The van der Waals surface area contributed by atoms with Crippen molar-refractivity contribution in [3.63, 3.8) is 0 Å². The zero-order valence-electron chi connectivity index (χ0n) is 30.9. The van der Waals surface area contributed by atoms with E-state index >= 15 is 8.78 Å². The van der Waals surface area contributed by atoms with Crippen molar-refractivity contribution in [2.75, 3.05) is 30.5 Å². The molecule has 24 heteroatoms. The fraction of sp³-hybridized carbons (Fsp3) is 0.486. The van der Waals surface area contributed by atoms with Gasteiger partial charge in [0.25, 0.3) is 0 Å². The predicted octanol–water partition coefficient (Wildman–Crippen LogP) is 2.25. The number of amides is 2. The van der Waals surface area contributed by atoms with Crippen LogP contribution in [-0.4, -0.2) is 110 Å². The van der Waals surface area contributed by atoms with E-state index in [1.54, 1.807) is 30.3 Å². The quantitative estimate of drug-likeness (QED) is 0.0698. The molecule has 20 nitrogen and oxygen atoms in total. The number of aliphatic hydroxyl groups is 2. The van der Waals surface area contributed by atoms with E-state index in [1.165, 1.54) is 0 Å². The fourth-order valence-electron chi connectivity index (χ4n) is 5.55. The molecule has 2 aliphatic heterocycles. The number of aliphatic hydroxyl groups excluding tert-OH is 2. The number of rotatable bonds is 16. The molecular formula is C35H38F4N6O14. The third-order valence-corrected chi connectivity index (χ3v) is 8.68. The summed E-state index contributed by atoms with van der Waals surface area (Å²) >= 11 is 0. The Morgan fingerprint density at radius 2 is 1.19 bits per heavy atom. The van der Waals surface area contributed by atoms with Gasteiger partial charge in [0.15, 0.2) is 12.2 Å². The van der Waals surface area contributed by atoms with E-state index in [4.69, 9.17) is 28.4 Å². The Bertz CT molecular complexity index is 2090. The van der Waals surface area contributed by atoms with Gasteiger partial charge in [0, 0.05) is 12.4 Å². The van der Waals surface area contributed by atoms with Gasteiger partial charge in [0.2, 0.25) is 12.5 Å². The third-order valence-electron chi connectivity index (χ3n) is 8.68. The molecule has 320 valence electrons. The second-order valence-corrected chi connectivity index (χ2v) is 13.0. The van der Waals surface area contributed by atoms with E-state index in [0.29, 0.717) is 21.1 Å². The van der Waals surface area contributed by atoms with Crippen molar-refractivity contribution < 1.29 is 75.4 Å². The number of hydrogen-bond donors (Lipinski definition) is 4. The minimum atomic E-state index is -4.10. The lowest BCUT2D eigenvalue weighted by Gasteiger charge is -2.21. The standard InChI is InChI=1S/C35H38F4N6O14/c1-2-3-15-54-32(52)42-22-11-13-44(30(50)40-22)28-34(36,37)26(48)20(58-28)17-55-24(46)9-10-25(47)56-18-21-27(49)35(38,39)29(59-21)45-14-12-23(41-31(45)51)43-33(53)57-16-19-7-5-4-6-8-19/h4-8,11-14,20-21,26-29,48-49H,2-3,9-10,15-18H2,1H3,(H,40,42,50,52)(H,41,43,51,53)/t20-,21-,26-,27-,28+,29-/m1/s1. The normalized spacial score (nSPS) is 22.9. The number of aromatic nitrogens is 4. The number of ether oxygens (including phenoxy) is 6. The minimum Gasteiger partial charge on any atom is -0.463 e. The van der Waals surface area contributed by atoms with Crippen LogP contribution in [0.2, 0.25) is 0 Å². The average Bonchev–Trinajstić information content (AvgIpc) is 3.56. The number of carbonyl (C=O) groups excluding carboxylic acids is 4. The molecule has 4 heterocycles. The Labute approximate surface area is 329 Å². The molecule has 1 aromatic carbocycles. The molecule has 6 atom stereocenters. The van der Waals surface area contributed by atoms with E-state index < -0.39 is 110 Å². The first kappa shape index (κ1) is 44.1. The van der Waals surface area contributed by atoms with E-state index in [2.05, 4.69) is 20.6 Å². The summed E-state index contributed by atoms with van der Waals surface area (Å²) in [5.41, 5.74) is -1.92. The van der Waals surface area contributed by atoms with Crippen molar-refractivity contribution in [3.05, 3.63) is 81.4 Å². The van der Waals surface area contributed by atoms with Crippen molar-refractivity contribution in [1.82, 2.24) is 19.1 Å². The van der Waals surface area contributed by atoms with Crippen molar-refractivity contribution in [2.24, 2.45) is 0 Å². The highest BCUT2D eigenvalue weighted by atomic mass is 19.3. The van der Waals surface area contributed by atoms with Gasteiger partial charge in [-0.25, -0.2) is 19.2 Å². The molecule has 59 heavy (non-hydrogen) atoms. The van der Waals surface area contributed by atoms with Gasteiger partial charge >= 0.3 is 47.3 Å². The molecule has 0 radical (unpaired) electrons. The van der Waals surface area contributed by atoms with Crippen molar-refractivity contribution in [2.45, 2.75) is 87.9 Å². The first-order valence-electron chi connectivity index (χ1n) is 17.8. The predicted molar refractivity (Wildman–Crippen MR) is 188 cm³/mol. The first-order chi connectivity index (χ1) is 28.0. The molecule has 5 rings (SSSR count). The molecule has 4 N–H and O–H groups in total. The van der Waals surface area contributed by atoms with Crippen LogP contribution in [0.3, 0.4) is 0 Å². The molecule has 0 aliphatic carbocycles. The van der Waals surface area contributed by atoms with Gasteiger partial charge in [-0.05, 0) is 24.1 Å². The van der Waals surface area contributed by atoms with E-state index in [0.717, 1.165) is 30.9 Å². The molecule has 2 aliphatic rings. The maximum atomic E-state index is 15.0. The summed E-state index contributed by atoms with van der Waals surface area (Å²) in [5, 5.41) is 24.8. The maximum absolute atomic E-state index is 15.0. The molecule has 3 aromatic rings. The lowest BCUT2D eigenvalue weighted by atomic mass is 10.1. The van der Waals surface area contributed by atoms with Gasteiger partial charge in [0.1, 0.15) is 43.7 Å². The smallest absolute Gasteiger partial charge is 0.413 e. The number of nitrogens with one attached hydrogen (secondary N) is 2. The Morgan fingerprint density at radius 3 is 1.63 bits per heavy atom. The number of esters is 2. The number of alkyl halides is 4. The minimum absolute atomic E-state index is 0.0981. The van der Waals surface area contributed by atoms with Crippen LogP contribution >= 0.6 is 0 Å². The second kappa shape index (κ2) is 19.2. The topological polar surface area (TPSA) is 258 Å². The third kappa shape index (κ3) is 11.0. The summed E-state index contributed by atoms with van der Waals surface area (Å²) < 4.78 is 90.6. The van der Waals surface area contributed by atoms with Crippen LogP contribution in [0.25, 0.3) is 0 Å². The molecule has 2 amide bonds. The molecule has 0 spiro atoms. The summed E-state index contributed by atoms with van der Waals surface area (Å²) in [6.07, 6.45) is -14.0. The SMILES string of the molecule is CCCCOC(=O)Nc1ccn([C@H]2O[C@H](COC(=O)CCC(=O)OC[C@H]3O[C@@H](n4ccc(NC(=O)OCc5ccccc5)nc4=O)C(F)(F)[C@@H]3O)[C@@H](O)C2(F)F)c(=O)n1. The maximum Gasteiger partial charge on any atom is 0.413 e. The van der Waals surface area contributed by atoms with Gasteiger partial charge in [-0.3, -0.25) is 29.4 Å². The Balaban J connectivity index is 1.06. The van der Waals surface area contributed by atoms with Gasteiger partial charge < -0.3 is 38.6 Å². The average molecular weight is 843 g/mol. The molecule has 2 aromatic heterocycles. The van der Waals surface area contributed by atoms with Gasteiger partial charge in [-0.1, -0.05) is 43.7 Å². The summed E-state index contributed by atoms with van der Waals surface area (Å²) in [5.74, 6) is -11.1. The Morgan fingerprint density at radius 1 is 0.729 bits per heavy atom. The summed E-state index contributed by atoms with van der Waals surface area (Å²) in [7, 11) is 0. The molecular weight excluding hydrogens is 804 g/mol. The lowest BCUT2D eigenvalue weighted by Crippen LogP contribution is -2.42. The molecule has 0 saturated carbocycles. The zero-order chi connectivity index (χ0) is 42.9. The highest BCUT2D eigenvalue weighted by Crippen LogP contribution is 2.43. The van der Waals surface area contributed by atoms with Crippen LogP contribution in [0.1, 0.15) is 50.6 Å². The number of benzene rings is 1. The molecule has 2 fully saturated rings.